The minimum Gasteiger partial charge on any atom is -0.494 e. The van der Waals surface area contributed by atoms with Crippen LogP contribution < -0.4 is 4.74 Å². The van der Waals surface area contributed by atoms with Crippen LogP contribution in [0.3, 0.4) is 0 Å². The molecule has 100 valence electrons. The van der Waals surface area contributed by atoms with Gasteiger partial charge in [0, 0.05) is 12.6 Å². The van der Waals surface area contributed by atoms with Crippen LogP contribution in [-0.4, -0.2) is 31.1 Å². The molecule has 1 aliphatic rings. The van der Waals surface area contributed by atoms with E-state index in [0.29, 0.717) is 11.8 Å². The van der Waals surface area contributed by atoms with Crippen LogP contribution in [0.4, 0.5) is 4.39 Å². The molecule has 0 aromatic heterocycles. The SMILES string of the molecule is COc1cccc(C2CCCN(C(C)C)C2)c1F. The Morgan fingerprint density at radius 2 is 2.17 bits per heavy atom. The molecule has 3 heteroatoms. The third-order valence-electron chi connectivity index (χ3n) is 3.84. The lowest BCUT2D eigenvalue weighted by Crippen LogP contribution is -2.39. The van der Waals surface area contributed by atoms with Crippen LogP contribution in [0, 0.1) is 5.82 Å². The summed E-state index contributed by atoms with van der Waals surface area (Å²) in [7, 11) is 1.52. The molecule has 1 saturated heterocycles. The van der Waals surface area contributed by atoms with Gasteiger partial charge < -0.3 is 9.64 Å². The Kier molecular flexibility index (Phi) is 4.23. The maximum absolute atomic E-state index is 14.2. The van der Waals surface area contributed by atoms with E-state index < -0.39 is 0 Å². The molecule has 0 saturated carbocycles. The predicted octanol–water partition coefficient (Wildman–Crippen LogP) is 3.42. The lowest BCUT2D eigenvalue weighted by atomic mass is 9.89. The molecule has 1 heterocycles. The summed E-state index contributed by atoms with van der Waals surface area (Å²) in [6.45, 7) is 6.47. The Balaban J connectivity index is 2.20. The summed E-state index contributed by atoms with van der Waals surface area (Å²) in [5.41, 5.74) is 0.805. The fourth-order valence-corrected chi connectivity index (χ4v) is 2.73. The lowest BCUT2D eigenvalue weighted by Gasteiger charge is -2.35. The van der Waals surface area contributed by atoms with Crippen molar-refractivity contribution in [3.8, 4) is 5.75 Å². The second-order valence-electron chi connectivity index (χ2n) is 5.29. The average Bonchev–Trinajstić information content (AvgIpc) is 2.39. The minimum atomic E-state index is -0.185. The first-order valence-electron chi connectivity index (χ1n) is 6.70. The zero-order valence-electron chi connectivity index (χ0n) is 11.4. The highest BCUT2D eigenvalue weighted by Gasteiger charge is 2.25. The van der Waals surface area contributed by atoms with Gasteiger partial charge in [0.05, 0.1) is 7.11 Å². The second-order valence-corrected chi connectivity index (χ2v) is 5.29. The van der Waals surface area contributed by atoms with Gasteiger partial charge in [-0.15, -0.1) is 0 Å². The van der Waals surface area contributed by atoms with E-state index in [-0.39, 0.29) is 11.7 Å². The highest BCUT2D eigenvalue weighted by molar-refractivity contribution is 5.33. The lowest BCUT2D eigenvalue weighted by molar-refractivity contribution is 0.166. The van der Waals surface area contributed by atoms with E-state index >= 15 is 0 Å². The van der Waals surface area contributed by atoms with Gasteiger partial charge in [-0.25, -0.2) is 4.39 Å². The van der Waals surface area contributed by atoms with Crippen LogP contribution >= 0.6 is 0 Å². The number of hydrogen-bond acceptors (Lipinski definition) is 2. The Labute approximate surface area is 109 Å². The van der Waals surface area contributed by atoms with Gasteiger partial charge in [0.25, 0.3) is 0 Å². The molecule has 0 N–H and O–H groups in total. The maximum Gasteiger partial charge on any atom is 0.168 e. The molecule has 1 aromatic rings. The first-order valence-corrected chi connectivity index (χ1v) is 6.70. The molecule has 1 aliphatic heterocycles. The summed E-state index contributed by atoms with van der Waals surface area (Å²) >= 11 is 0. The van der Waals surface area contributed by atoms with E-state index in [1.165, 1.54) is 7.11 Å². The number of ether oxygens (including phenoxy) is 1. The zero-order chi connectivity index (χ0) is 13.1. The van der Waals surface area contributed by atoms with Crippen molar-refractivity contribution in [2.24, 2.45) is 0 Å². The summed E-state index contributed by atoms with van der Waals surface area (Å²) in [6.07, 6.45) is 2.20. The first-order chi connectivity index (χ1) is 8.63. The van der Waals surface area contributed by atoms with Gasteiger partial charge in [0.1, 0.15) is 0 Å². The average molecular weight is 251 g/mol. The normalized spacial score (nSPS) is 21.3. The molecule has 0 bridgehead atoms. The minimum absolute atomic E-state index is 0.185. The Hall–Kier alpha value is -1.09. The van der Waals surface area contributed by atoms with Gasteiger partial charge >= 0.3 is 0 Å². The Morgan fingerprint density at radius 3 is 2.83 bits per heavy atom. The number of rotatable bonds is 3. The van der Waals surface area contributed by atoms with E-state index in [2.05, 4.69) is 18.7 Å². The molecule has 0 radical (unpaired) electrons. The highest BCUT2D eigenvalue weighted by atomic mass is 19.1. The molecule has 0 spiro atoms. The van der Waals surface area contributed by atoms with E-state index in [1.807, 2.05) is 12.1 Å². The number of benzene rings is 1. The molecule has 1 unspecified atom stereocenters. The summed E-state index contributed by atoms with van der Waals surface area (Å²) in [4.78, 5) is 2.42. The molecule has 2 nitrogen and oxygen atoms in total. The maximum atomic E-state index is 14.2. The standard InChI is InChI=1S/C15H22FNO/c1-11(2)17-9-5-6-12(10-17)13-7-4-8-14(18-3)15(13)16/h4,7-8,11-12H,5-6,9-10H2,1-3H3. The van der Waals surface area contributed by atoms with Gasteiger partial charge in [-0.2, -0.15) is 0 Å². The summed E-state index contributed by atoms with van der Waals surface area (Å²) in [5.74, 6) is 0.459. The third kappa shape index (κ3) is 2.66. The summed E-state index contributed by atoms with van der Waals surface area (Å²) < 4.78 is 19.3. The van der Waals surface area contributed by atoms with E-state index in [0.717, 1.165) is 31.5 Å². The van der Waals surface area contributed by atoms with Crippen molar-refractivity contribution in [2.75, 3.05) is 20.2 Å². The highest BCUT2D eigenvalue weighted by Crippen LogP contribution is 2.32. The van der Waals surface area contributed by atoms with Crippen LogP contribution in [0.2, 0.25) is 0 Å². The van der Waals surface area contributed by atoms with Crippen LogP contribution in [-0.2, 0) is 0 Å². The van der Waals surface area contributed by atoms with Crippen LogP contribution in [0.5, 0.6) is 5.75 Å². The molecule has 0 aliphatic carbocycles. The van der Waals surface area contributed by atoms with E-state index in [9.17, 15) is 4.39 Å². The molecule has 1 aromatic carbocycles. The number of nitrogens with zero attached hydrogens (tertiary/aromatic N) is 1. The summed E-state index contributed by atoms with van der Waals surface area (Å²) in [5, 5.41) is 0. The number of methoxy groups -OCH3 is 1. The topological polar surface area (TPSA) is 12.5 Å². The smallest absolute Gasteiger partial charge is 0.168 e. The van der Waals surface area contributed by atoms with E-state index in [1.54, 1.807) is 6.07 Å². The number of piperidine rings is 1. The molecule has 2 rings (SSSR count). The van der Waals surface area contributed by atoms with Gasteiger partial charge in [0.2, 0.25) is 0 Å². The van der Waals surface area contributed by atoms with Crippen molar-refractivity contribution in [3.05, 3.63) is 29.6 Å². The Morgan fingerprint density at radius 1 is 1.39 bits per heavy atom. The van der Waals surface area contributed by atoms with Gasteiger partial charge in [-0.1, -0.05) is 12.1 Å². The molecular formula is C15H22FNO. The van der Waals surface area contributed by atoms with Gasteiger partial charge in [-0.3, -0.25) is 0 Å². The van der Waals surface area contributed by atoms with Crippen molar-refractivity contribution in [2.45, 2.75) is 38.6 Å². The third-order valence-corrected chi connectivity index (χ3v) is 3.84. The van der Waals surface area contributed by atoms with Crippen molar-refractivity contribution < 1.29 is 9.13 Å². The number of likely N-dealkylation sites (tertiary alicyclic amines) is 1. The Bertz CT molecular complexity index is 405. The molecular weight excluding hydrogens is 229 g/mol. The van der Waals surface area contributed by atoms with Gasteiger partial charge in [0.15, 0.2) is 11.6 Å². The number of halogens is 1. The van der Waals surface area contributed by atoms with E-state index in [4.69, 9.17) is 4.74 Å². The second kappa shape index (κ2) is 5.70. The largest absolute Gasteiger partial charge is 0.494 e. The van der Waals surface area contributed by atoms with Crippen molar-refractivity contribution in [1.82, 2.24) is 4.90 Å². The van der Waals surface area contributed by atoms with Crippen LogP contribution in [0.1, 0.15) is 38.2 Å². The fraction of sp³-hybridized carbons (Fsp3) is 0.600. The molecule has 0 amide bonds. The van der Waals surface area contributed by atoms with Gasteiger partial charge in [-0.05, 0) is 50.8 Å². The van der Waals surface area contributed by atoms with Crippen LogP contribution in [0.25, 0.3) is 0 Å². The predicted molar refractivity (Wildman–Crippen MR) is 71.6 cm³/mol. The molecule has 1 fully saturated rings. The van der Waals surface area contributed by atoms with Crippen molar-refractivity contribution in [3.63, 3.8) is 0 Å². The quantitative estimate of drug-likeness (QED) is 0.816. The van der Waals surface area contributed by atoms with Crippen molar-refractivity contribution in [1.29, 1.82) is 0 Å². The molecule has 18 heavy (non-hydrogen) atoms. The number of hydrogen-bond donors (Lipinski definition) is 0. The zero-order valence-corrected chi connectivity index (χ0v) is 11.4. The van der Waals surface area contributed by atoms with Crippen molar-refractivity contribution >= 4 is 0 Å². The molecule has 1 atom stereocenters. The first kappa shape index (κ1) is 13.3. The fourth-order valence-electron chi connectivity index (χ4n) is 2.73. The summed E-state index contributed by atoms with van der Waals surface area (Å²) in [6, 6.07) is 5.99. The monoisotopic (exact) mass is 251 g/mol. The van der Waals surface area contributed by atoms with Crippen LogP contribution in [0.15, 0.2) is 18.2 Å².